The van der Waals surface area contributed by atoms with E-state index in [-0.39, 0.29) is 5.82 Å². The molecule has 3 rings (SSSR count). The van der Waals surface area contributed by atoms with E-state index in [2.05, 4.69) is 15.1 Å². The predicted octanol–water partition coefficient (Wildman–Crippen LogP) is 3.26. The monoisotopic (exact) mass is 302 g/mol. The van der Waals surface area contributed by atoms with Crippen molar-refractivity contribution in [1.29, 1.82) is 0 Å². The topological polar surface area (TPSA) is 43.6 Å². The van der Waals surface area contributed by atoms with Crippen LogP contribution in [0.5, 0.6) is 0 Å². The third-order valence-corrected chi connectivity index (χ3v) is 3.19. The van der Waals surface area contributed by atoms with Gasteiger partial charge in [0.25, 0.3) is 0 Å². The minimum atomic E-state index is -0.276. The second kappa shape index (κ2) is 5.61. The molecule has 0 amide bonds. The van der Waals surface area contributed by atoms with E-state index in [1.165, 1.54) is 12.1 Å². The summed E-state index contributed by atoms with van der Waals surface area (Å²) >= 11 is 6.05. The second-order valence-corrected chi connectivity index (χ2v) is 5.09. The summed E-state index contributed by atoms with van der Waals surface area (Å²) in [4.78, 5) is 8.67. The van der Waals surface area contributed by atoms with Gasteiger partial charge in [0.1, 0.15) is 16.8 Å². The van der Waals surface area contributed by atoms with Gasteiger partial charge in [0.15, 0.2) is 0 Å². The van der Waals surface area contributed by atoms with E-state index in [0.717, 1.165) is 11.1 Å². The molecule has 0 saturated heterocycles. The van der Waals surface area contributed by atoms with Gasteiger partial charge in [0.2, 0.25) is 0 Å². The highest BCUT2D eigenvalue weighted by atomic mass is 35.5. The van der Waals surface area contributed by atoms with Crippen molar-refractivity contribution in [3.63, 3.8) is 0 Å². The van der Waals surface area contributed by atoms with E-state index in [0.29, 0.717) is 23.1 Å². The first-order valence-corrected chi connectivity index (χ1v) is 6.75. The maximum atomic E-state index is 13.2. The van der Waals surface area contributed by atoms with Crippen LogP contribution in [-0.4, -0.2) is 19.7 Å². The Bertz CT molecular complexity index is 785. The molecule has 0 unspecified atom stereocenters. The molecule has 0 bridgehead atoms. The number of aromatic nitrogens is 4. The predicted molar refractivity (Wildman–Crippen MR) is 78.5 cm³/mol. The van der Waals surface area contributed by atoms with Gasteiger partial charge >= 0.3 is 0 Å². The first-order valence-electron chi connectivity index (χ1n) is 6.37. The largest absolute Gasteiger partial charge is 0.275 e. The normalized spacial score (nSPS) is 10.8. The fourth-order valence-corrected chi connectivity index (χ4v) is 2.28. The minimum absolute atomic E-state index is 0.276. The summed E-state index contributed by atoms with van der Waals surface area (Å²) in [6.45, 7) is 0. The van der Waals surface area contributed by atoms with E-state index in [9.17, 15) is 4.39 Å². The van der Waals surface area contributed by atoms with Crippen molar-refractivity contribution in [3.8, 4) is 11.3 Å². The van der Waals surface area contributed by atoms with Gasteiger partial charge in [-0.15, -0.1) is 0 Å². The summed E-state index contributed by atoms with van der Waals surface area (Å²) in [5.41, 5.74) is 2.37. The van der Waals surface area contributed by atoms with Crippen LogP contribution in [0.4, 0.5) is 4.39 Å². The smallest absolute Gasteiger partial charge is 0.135 e. The minimum Gasteiger partial charge on any atom is -0.275 e. The fourth-order valence-electron chi connectivity index (χ4n) is 2.07. The van der Waals surface area contributed by atoms with Crippen molar-refractivity contribution in [1.82, 2.24) is 19.7 Å². The van der Waals surface area contributed by atoms with E-state index in [1.54, 1.807) is 23.0 Å². The highest BCUT2D eigenvalue weighted by Gasteiger charge is 2.08. The summed E-state index contributed by atoms with van der Waals surface area (Å²) in [5, 5.41) is 4.47. The lowest BCUT2D eigenvalue weighted by molar-refractivity contribution is 0.626. The van der Waals surface area contributed by atoms with Crippen LogP contribution in [-0.2, 0) is 13.5 Å². The van der Waals surface area contributed by atoms with Crippen LogP contribution in [0.2, 0.25) is 5.15 Å². The Morgan fingerprint density at radius 1 is 1.24 bits per heavy atom. The fraction of sp³-hybridized carbons (Fsp3) is 0.133. The Kier molecular flexibility index (Phi) is 3.66. The summed E-state index contributed by atoms with van der Waals surface area (Å²) in [6, 6.07) is 8.05. The van der Waals surface area contributed by atoms with Gasteiger partial charge in [-0.25, -0.2) is 14.4 Å². The van der Waals surface area contributed by atoms with Crippen LogP contribution in [0.25, 0.3) is 11.3 Å². The Labute approximate surface area is 126 Å². The highest BCUT2D eigenvalue weighted by molar-refractivity contribution is 6.29. The van der Waals surface area contributed by atoms with Crippen LogP contribution in [0.3, 0.4) is 0 Å². The van der Waals surface area contributed by atoms with Crippen molar-refractivity contribution in [2.45, 2.75) is 6.42 Å². The van der Waals surface area contributed by atoms with Crippen LogP contribution in [0.1, 0.15) is 11.4 Å². The standard InChI is InChI=1S/C15H12ClFN4/c1-21-9-11(8-18-21)13-7-14(16)20-15(19-13)6-10-3-2-4-12(17)5-10/h2-5,7-9H,6H2,1H3. The molecule has 2 aromatic heterocycles. The van der Waals surface area contributed by atoms with Gasteiger partial charge < -0.3 is 0 Å². The molecule has 0 spiro atoms. The zero-order chi connectivity index (χ0) is 14.8. The lowest BCUT2D eigenvalue weighted by Crippen LogP contribution is -1.99. The van der Waals surface area contributed by atoms with E-state index in [1.807, 2.05) is 19.3 Å². The Morgan fingerprint density at radius 3 is 2.81 bits per heavy atom. The first kappa shape index (κ1) is 13.7. The molecule has 0 fully saturated rings. The van der Waals surface area contributed by atoms with Crippen molar-refractivity contribution in [2.24, 2.45) is 7.05 Å². The molecule has 2 heterocycles. The third-order valence-electron chi connectivity index (χ3n) is 2.99. The molecule has 0 aliphatic carbocycles. The van der Waals surface area contributed by atoms with Crippen molar-refractivity contribution >= 4 is 11.6 Å². The zero-order valence-electron chi connectivity index (χ0n) is 11.3. The Hall–Kier alpha value is -2.27. The molecule has 0 atom stereocenters. The van der Waals surface area contributed by atoms with Gasteiger partial charge in [0, 0.05) is 31.3 Å². The van der Waals surface area contributed by atoms with E-state index < -0.39 is 0 Å². The summed E-state index contributed by atoms with van der Waals surface area (Å²) in [7, 11) is 1.83. The molecule has 0 aliphatic rings. The highest BCUT2D eigenvalue weighted by Crippen LogP contribution is 2.20. The summed E-state index contributed by atoms with van der Waals surface area (Å²) in [6.07, 6.45) is 3.99. The maximum Gasteiger partial charge on any atom is 0.135 e. The van der Waals surface area contributed by atoms with Crippen molar-refractivity contribution in [2.75, 3.05) is 0 Å². The lowest BCUT2D eigenvalue weighted by atomic mass is 10.1. The average molecular weight is 303 g/mol. The van der Waals surface area contributed by atoms with Gasteiger partial charge in [-0.2, -0.15) is 5.10 Å². The van der Waals surface area contributed by atoms with Gasteiger partial charge in [0.05, 0.1) is 11.9 Å². The number of nitrogens with zero attached hydrogens (tertiary/aromatic N) is 4. The van der Waals surface area contributed by atoms with Crippen molar-refractivity contribution in [3.05, 3.63) is 65.1 Å². The SMILES string of the molecule is Cn1cc(-c2cc(Cl)nc(Cc3cccc(F)c3)n2)cn1. The van der Waals surface area contributed by atoms with Crippen LogP contribution in [0, 0.1) is 5.82 Å². The number of aryl methyl sites for hydroxylation is 1. The first-order chi connectivity index (χ1) is 10.1. The number of halogens is 2. The molecule has 106 valence electrons. The number of hydrogen-bond donors (Lipinski definition) is 0. The molecule has 6 heteroatoms. The number of hydrogen-bond acceptors (Lipinski definition) is 3. The molecule has 3 aromatic rings. The molecular weight excluding hydrogens is 291 g/mol. The van der Waals surface area contributed by atoms with E-state index >= 15 is 0 Å². The van der Waals surface area contributed by atoms with Gasteiger partial charge in [-0.3, -0.25) is 4.68 Å². The van der Waals surface area contributed by atoms with Crippen molar-refractivity contribution < 1.29 is 4.39 Å². The van der Waals surface area contributed by atoms with Gasteiger partial charge in [-0.1, -0.05) is 23.7 Å². The Morgan fingerprint density at radius 2 is 2.10 bits per heavy atom. The molecule has 0 N–H and O–H groups in total. The average Bonchev–Trinajstić information content (AvgIpc) is 2.85. The summed E-state index contributed by atoms with van der Waals surface area (Å²) < 4.78 is 14.9. The zero-order valence-corrected chi connectivity index (χ0v) is 12.0. The molecule has 0 saturated carbocycles. The van der Waals surface area contributed by atoms with E-state index in [4.69, 9.17) is 11.6 Å². The van der Waals surface area contributed by atoms with Crippen LogP contribution >= 0.6 is 11.6 Å². The molecule has 1 aromatic carbocycles. The quantitative estimate of drug-likeness (QED) is 0.698. The molecule has 21 heavy (non-hydrogen) atoms. The van der Waals surface area contributed by atoms with Crippen LogP contribution in [0.15, 0.2) is 42.7 Å². The molecular formula is C15H12ClFN4. The molecule has 0 radical (unpaired) electrons. The van der Waals surface area contributed by atoms with Gasteiger partial charge in [-0.05, 0) is 17.7 Å². The molecule has 0 aliphatic heterocycles. The molecule has 4 nitrogen and oxygen atoms in total. The summed E-state index contributed by atoms with van der Waals surface area (Å²) in [5.74, 6) is 0.272. The second-order valence-electron chi connectivity index (χ2n) is 4.70. The lowest BCUT2D eigenvalue weighted by Gasteiger charge is -2.04. The van der Waals surface area contributed by atoms with Crippen LogP contribution < -0.4 is 0 Å². The number of benzene rings is 1. The Balaban J connectivity index is 1.94. The maximum absolute atomic E-state index is 13.2. The third kappa shape index (κ3) is 3.25. The number of rotatable bonds is 3.